The Morgan fingerprint density at radius 1 is 0.655 bits per heavy atom. The zero-order valence-electron chi connectivity index (χ0n) is 15.2. The first-order valence-electron chi connectivity index (χ1n) is 8.02. The van der Waals surface area contributed by atoms with Gasteiger partial charge in [0.25, 0.3) is 0 Å². The monoisotopic (exact) mass is 404 g/mol. The second-order valence-electron chi connectivity index (χ2n) is 6.18. The van der Waals surface area contributed by atoms with Crippen LogP contribution >= 0.6 is 0 Å². The van der Waals surface area contributed by atoms with Crippen LogP contribution in [0.15, 0.2) is 36.4 Å². The van der Waals surface area contributed by atoms with E-state index in [1.165, 1.54) is 38.1 Å². The molecule has 0 unspecified atom stereocenters. The summed E-state index contributed by atoms with van der Waals surface area (Å²) >= 11 is 0. The Bertz CT molecular complexity index is 927. The smallest absolute Gasteiger partial charge is 0.340 e. The molecule has 29 heavy (non-hydrogen) atoms. The number of benzene rings is 2. The van der Waals surface area contributed by atoms with E-state index in [1.54, 1.807) is 0 Å². The highest BCUT2D eigenvalue weighted by atomic mass is 16.7. The summed E-state index contributed by atoms with van der Waals surface area (Å²) in [4.78, 5) is 45.6. The summed E-state index contributed by atoms with van der Waals surface area (Å²) in [6.45, 7) is 2.65. The largest absolute Gasteiger partial charge is 0.478 e. The molecule has 4 N–H and O–H groups in total. The normalized spacial score (nSPS) is 10.8. The second kappa shape index (κ2) is 7.89. The molecule has 10 heteroatoms. The summed E-state index contributed by atoms with van der Waals surface area (Å²) in [7, 11) is 0. The Kier molecular flexibility index (Phi) is 5.77. The number of carboxylic acid groups (broad SMARTS) is 4. The van der Waals surface area contributed by atoms with Crippen molar-refractivity contribution in [2.24, 2.45) is 0 Å². The van der Waals surface area contributed by atoms with Crippen molar-refractivity contribution >= 4 is 23.9 Å². The second-order valence-corrected chi connectivity index (χ2v) is 6.18. The van der Waals surface area contributed by atoms with Gasteiger partial charge >= 0.3 is 23.9 Å². The Labute approximate surface area is 163 Å². The van der Waals surface area contributed by atoms with Crippen LogP contribution in [0.5, 0.6) is 11.5 Å². The zero-order valence-corrected chi connectivity index (χ0v) is 15.2. The third-order valence-electron chi connectivity index (χ3n) is 3.65. The van der Waals surface area contributed by atoms with Gasteiger partial charge in [0.15, 0.2) is 0 Å². The minimum absolute atomic E-state index is 0.325. The maximum absolute atomic E-state index is 11.5. The lowest BCUT2D eigenvalue weighted by atomic mass is 10.1. The summed E-state index contributed by atoms with van der Waals surface area (Å²) < 4.78 is 11.0. The molecular weight excluding hydrogens is 388 g/mol. The number of hydrogen-bond donors (Lipinski definition) is 4. The molecule has 0 aliphatic carbocycles. The number of aromatic carboxylic acids is 4. The minimum Gasteiger partial charge on any atom is -0.478 e. The van der Waals surface area contributed by atoms with Crippen LogP contribution in [0, 0.1) is 0 Å². The molecular formula is C19H16O10. The van der Waals surface area contributed by atoms with Crippen molar-refractivity contribution in [1.82, 2.24) is 0 Å². The van der Waals surface area contributed by atoms with Gasteiger partial charge in [-0.05, 0) is 24.3 Å². The minimum atomic E-state index is -1.69. The van der Waals surface area contributed by atoms with Crippen LogP contribution in [0.2, 0.25) is 0 Å². The molecule has 10 nitrogen and oxygen atoms in total. The third-order valence-corrected chi connectivity index (χ3v) is 3.65. The van der Waals surface area contributed by atoms with Crippen molar-refractivity contribution in [3.63, 3.8) is 0 Å². The highest BCUT2D eigenvalue weighted by molar-refractivity contribution is 6.04. The van der Waals surface area contributed by atoms with Crippen molar-refractivity contribution in [3.8, 4) is 11.5 Å². The molecule has 0 aromatic heterocycles. The molecule has 0 fully saturated rings. The van der Waals surface area contributed by atoms with Crippen molar-refractivity contribution in [2.75, 3.05) is 0 Å². The molecule has 0 saturated heterocycles. The fourth-order valence-corrected chi connectivity index (χ4v) is 2.58. The van der Waals surface area contributed by atoms with Crippen molar-refractivity contribution < 1.29 is 49.1 Å². The number of rotatable bonds is 8. The molecule has 0 heterocycles. The Morgan fingerprint density at radius 2 is 1.00 bits per heavy atom. The SMILES string of the molecule is CC(C)(Oc1cccc(C(=O)O)c1C(=O)O)Oc1cccc(C(=O)O)c1C(=O)O. The average Bonchev–Trinajstić information content (AvgIpc) is 2.59. The van der Waals surface area contributed by atoms with Gasteiger partial charge in [0, 0.05) is 13.8 Å². The Morgan fingerprint density at radius 3 is 1.28 bits per heavy atom. The summed E-state index contributed by atoms with van der Waals surface area (Å²) in [6, 6.07) is 7.15. The lowest BCUT2D eigenvalue weighted by Gasteiger charge is -2.29. The molecule has 0 aliphatic rings. The summed E-state index contributed by atoms with van der Waals surface area (Å²) in [5.74, 6) is -8.39. The van der Waals surface area contributed by atoms with Gasteiger partial charge in [0.05, 0.1) is 11.1 Å². The topological polar surface area (TPSA) is 168 Å². The molecule has 0 amide bonds. The van der Waals surface area contributed by atoms with E-state index in [0.29, 0.717) is 0 Å². The molecule has 2 aromatic carbocycles. The van der Waals surface area contributed by atoms with Crippen LogP contribution in [0.3, 0.4) is 0 Å². The predicted molar refractivity (Wildman–Crippen MR) is 96.1 cm³/mol. The number of carbonyl (C=O) groups is 4. The van der Waals surface area contributed by atoms with Gasteiger partial charge in [-0.1, -0.05) is 12.1 Å². The molecule has 152 valence electrons. The van der Waals surface area contributed by atoms with Gasteiger partial charge < -0.3 is 29.9 Å². The van der Waals surface area contributed by atoms with E-state index in [9.17, 15) is 39.6 Å². The third kappa shape index (κ3) is 4.61. The van der Waals surface area contributed by atoms with Gasteiger partial charge in [0.2, 0.25) is 5.79 Å². The van der Waals surface area contributed by atoms with E-state index < -0.39 is 51.9 Å². The summed E-state index contributed by atoms with van der Waals surface area (Å²) in [5, 5.41) is 37.1. The van der Waals surface area contributed by atoms with E-state index in [2.05, 4.69) is 0 Å². The maximum Gasteiger partial charge on any atom is 0.340 e. The van der Waals surface area contributed by atoms with E-state index in [-0.39, 0.29) is 11.5 Å². The first kappa shape index (κ1) is 21.2. The zero-order chi connectivity index (χ0) is 21.9. The fourth-order valence-electron chi connectivity index (χ4n) is 2.58. The van der Waals surface area contributed by atoms with Crippen LogP contribution in [0.4, 0.5) is 0 Å². The van der Waals surface area contributed by atoms with E-state index in [1.807, 2.05) is 0 Å². The molecule has 0 saturated carbocycles. The van der Waals surface area contributed by atoms with Crippen LogP contribution in [-0.4, -0.2) is 50.1 Å². The van der Waals surface area contributed by atoms with Gasteiger partial charge in [-0.25, -0.2) is 19.2 Å². The first-order valence-corrected chi connectivity index (χ1v) is 8.02. The van der Waals surface area contributed by atoms with Crippen LogP contribution < -0.4 is 9.47 Å². The van der Waals surface area contributed by atoms with Crippen molar-refractivity contribution in [3.05, 3.63) is 58.7 Å². The van der Waals surface area contributed by atoms with Gasteiger partial charge in [-0.15, -0.1) is 0 Å². The first-order chi connectivity index (χ1) is 13.4. The van der Waals surface area contributed by atoms with Crippen LogP contribution in [0.25, 0.3) is 0 Å². The van der Waals surface area contributed by atoms with Gasteiger partial charge in [0.1, 0.15) is 22.6 Å². The Balaban J connectivity index is 2.48. The van der Waals surface area contributed by atoms with Crippen LogP contribution in [-0.2, 0) is 0 Å². The van der Waals surface area contributed by atoms with E-state index >= 15 is 0 Å². The molecule has 0 bridgehead atoms. The lowest BCUT2D eigenvalue weighted by Crippen LogP contribution is -2.36. The van der Waals surface area contributed by atoms with Crippen molar-refractivity contribution in [2.45, 2.75) is 19.6 Å². The van der Waals surface area contributed by atoms with Crippen molar-refractivity contribution in [1.29, 1.82) is 0 Å². The maximum atomic E-state index is 11.5. The predicted octanol–water partition coefficient (Wildman–Crippen LogP) is 2.67. The van der Waals surface area contributed by atoms with E-state index in [0.717, 1.165) is 12.1 Å². The summed E-state index contributed by atoms with van der Waals surface area (Å²) in [5.41, 5.74) is -2.25. The number of ether oxygens (including phenoxy) is 2. The quantitative estimate of drug-likeness (QED) is 0.480. The lowest BCUT2D eigenvalue weighted by molar-refractivity contribution is -0.0818. The van der Waals surface area contributed by atoms with Gasteiger partial charge in [-0.3, -0.25) is 0 Å². The molecule has 2 aromatic rings. The fraction of sp³-hybridized carbons (Fsp3) is 0.158. The van der Waals surface area contributed by atoms with E-state index in [4.69, 9.17) is 9.47 Å². The highest BCUT2D eigenvalue weighted by Crippen LogP contribution is 2.31. The molecule has 0 aliphatic heterocycles. The van der Waals surface area contributed by atoms with Gasteiger partial charge in [-0.2, -0.15) is 0 Å². The molecule has 0 spiro atoms. The Hall–Kier alpha value is -4.08. The molecule has 2 rings (SSSR count). The molecule has 0 atom stereocenters. The number of carboxylic acids is 4. The number of hydrogen-bond acceptors (Lipinski definition) is 6. The average molecular weight is 404 g/mol. The summed E-state index contributed by atoms with van der Waals surface area (Å²) in [6.07, 6.45) is 0. The highest BCUT2D eigenvalue weighted by Gasteiger charge is 2.30. The standard InChI is InChI=1S/C19H16O10/c1-19(2,28-11-7-3-5-9(15(20)21)13(11)17(24)25)29-12-8-4-6-10(16(22)23)14(12)18(26)27/h3-8H,1-2H3,(H,20,21)(H,22,23)(H,24,25)(H,26,27). The van der Waals surface area contributed by atoms with Crippen LogP contribution in [0.1, 0.15) is 55.3 Å². The molecule has 0 radical (unpaired) electrons.